The number of rotatable bonds is 8. The molecule has 0 fully saturated rings. The van der Waals surface area contributed by atoms with Crippen LogP contribution in [0.15, 0.2) is 30.1 Å². The Morgan fingerprint density at radius 3 is 2.53 bits per heavy atom. The van der Waals surface area contributed by atoms with Crippen LogP contribution in [0.4, 0.5) is 5.69 Å². The molecule has 0 saturated heterocycles. The van der Waals surface area contributed by atoms with Crippen LogP contribution in [0.5, 0.6) is 0 Å². The molecule has 7 nitrogen and oxygen atoms in total. The molecule has 0 radical (unpaired) electrons. The van der Waals surface area contributed by atoms with Gasteiger partial charge in [0.1, 0.15) is 16.1 Å². The Bertz CT molecular complexity index is 1170. The van der Waals surface area contributed by atoms with Gasteiger partial charge in [0, 0.05) is 24.7 Å². The monoisotopic (exact) mass is 471 g/mol. The van der Waals surface area contributed by atoms with Crippen molar-refractivity contribution in [3.8, 4) is 6.07 Å². The average Bonchev–Trinajstić information content (AvgIpc) is 2.99. The van der Waals surface area contributed by atoms with Gasteiger partial charge < -0.3 is 10.2 Å². The first-order valence-electron chi connectivity index (χ1n) is 10.5. The second-order valence-electron chi connectivity index (χ2n) is 7.97. The zero-order valence-corrected chi connectivity index (χ0v) is 20.5. The Morgan fingerprint density at radius 2 is 1.94 bits per heavy atom. The number of pyridine rings is 2. The fourth-order valence-electron chi connectivity index (χ4n) is 3.77. The topological polar surface area (TPSA) is 82.7 Å². The van der Waals surface area contributed by atoms with Gasteiger partial charge in [0.05, 0.1) is 30.1 Å². The zero-order chi connectivity index (χ0) is 23.4. The average molecular weight is 472 g/mol. The van der Waals surface area contributed by atoms with Crippen molar-refractivity contribution in [2.75, 3.05) is 11.9 Å². The van der Waals surface area contributed by atoms with Crippen LogP contribution in [-0.4, -0.2) is 31.2 Å². The van der Waals surface area contributed by atoms with Gasteiger partial charge in [0.2, 0.25) is 0 Å². The van der Waals surface area contributed by atoms with Crippen molar-refractivity contribution >= 4 is 39.9 Å². The predicted molar refractivity (Wildman–Crippen MR) is 130 cm³/mol. The second kappa shape index (κ2) is 10.2. The van der Waals surface area contributed by atoms with Crippen LogP contribution < -0.4 is 5.32 Å². The van der Waals surface area contributed by atoms with Gasteiger partial charge in [-0.2, -0.15) is 10.4 Å². The number of fused-ring (bicyclic) bond motifs is 1. The maximum atomic E-state index is 9.42. The van der Waals surface area contributed by atoms with Gasteiger partial charge in [-0.05, 0) is 43.0 Å². The molecule has 0 aliphatic heterocycles. The molecule has 32 heavy (non-hydrogen) atoms. The van der Waals surface area contributed by atoms with Gasteiger partial charge in [-0.15, -0.1) is 0 Å². The minimum atomic E-state index is 0.277. The molecule has 3 heterocycles. The van der Waals surface area contributed by atoms with E-state index in [1.54, 1.807) is 12.1 Å². The third-order valence-corrected chi connectivity index (χ3v) is 5.49. The molecule has 0 spiro atoms. The highest BCUT2D eigenvalue weighted by Gasteiger charge is 2.18. The Balaban J connectivity index is 2.00. The lowest BCUT2D eigenvalue weighted by atomic mass is 9.98. The van der Waals surface area contributed by atoms with E-state index in [1.165, 1.54) is 11.6 Å². The highest BCUT2D eigenvalue weighted by Crippen LogP contribution is 2.29. The van der Waals surface area contributed by atoms with E-state index < -0.39 is 0 Å². The fourth-order valence-corrected chi connectivity index (χ4v) is 4.23. The first-order valence-corrected chi connectivity index (χ1v) is 11.3. The molecule has 0 atom stereocenters. The van der Waals surface area contributed by atoms with E-state index in [2.05, 4.69) is 53.2 Å². The number of allylic oxidation sites excluding steroid dienone is 1. The molecule has 9 heteroatoms. The SMILES string of the molecule is CCCN(Cc1cc(C(C)C)c2c(C)nn(C)c2n1)/C(=C\C#N)Nc1cc(Cl)nc(Cl)c1. The number of nitrogens with zero attached hydrogens (tertiary/aromatic N) is 6. The van der Waals surface area contributed by atoms with E-state index in [-0.39, 0.29) is 10.3 Å². The molecule has 3 rings (SSSR count). The summed E-state index contributed by atoms with van der Waals surface area (Å²) >= 11 is 12.1. The summed E-state index contributed by atoms with van der Waals surface area (Å²) in [5.74, 6) is 0.969. The van der Waals surface area contributed by atoms with Gasteiger partial charge in [0.15, 0.2) is 5.65 Å². The Labute approximate surface area is 198 Å². The van der Waals surface area contributed by atoms with Crippen molar-refractivity contribution in [1.82, 2.24) is 24.6 Å². The summed E-state index contributed by atoms with van der Waals surface area (Å²) in [6.45, 7) is 9.72. The van der Waals surface area contributed by atoms with E-state index in [9.17, 15) is 5.26 Å². The summed E-state index contributed by atoms with van der Waals surface area (Å²) in [7, 11) is 1.92. The van der Waals surface area contributed by atoms with Crippen LogP contribution in [0.2, 0.25) is 10.3 Å². The van der Waals surface area contributed by atoms with Crippen molar-refractivity contribution in [2.24, 2.45) is 7.05 Å². The molecule has 1 N–H and O–H groups in total. The number of nitrogens with one attached hydrogen (secondary N) is 1. The molecule has 0 aliphatic rings. The van der Waals surface area contributed by atoms with E-state index in [4.69, 9.17) is 28.2 Å². The van der Waals surface area contributed by atoms with E-state index in [0.29, 0.717) is 24.0 Å². The number of hydrogen-bond donors (Lipinski definition) is 1. The summed E-state index contributed by atoms with van der Waals surface area (Å²) in [5, 5.41) is 18.9. The number of aryl methyl sites for hydroxylation is 2. The number of halogens is 2. The molecule has 0 amide bonds. The van der Waals surface area contributed by atoms with Crippen LogP contribution in [-0.2, 0) is 13.6 Å². The molecule has 0 aromatic carbocycles. The van der Waals surface area contributed by atoms with E-state index >= 15 is 0 Å². The maximum Gasteiger partial charge on any atom is 0.158 e. The Hall–Kier alpha value is -2.82. The lowest BCUT2D eigenvalue weighted by Crippen LogP contribution is -2.28. The van der Waals surface area contributed by atoms with Crippen molar-refractivity contribution in [2.45, 2.75) is 46.6 Å². The largest absolute Gasteiger partial charge is 0.352 e. The van der Waals surface area contributed by atoms with Crippen LogP contribution in [0.25, 0.3) is 11.0 Å². The third kappa shape index (κ3) is 5.32. The number of aromatic nitrogens is 4. The molecule has 0 aliphatic carbocycles. The van der Waals surface area contributed by atoms with E-state index in [1.807, 2.05) is 18.7 Å². The lowest BCUT2D eigenvalue weighted by Gasteiger charge is -2.27. The summed E-state index contributed by atoms with van der Waals surface area (Å²) in [6.07, 6.45) is 2.38. The number of anilines is 1. The zero-order valence-electron chi connectivity index (χ0n) is 18.9. The van der Waals surface area contributed by atoms with Crippen molar-refractivity contribution in [3.05, 3.63) is 57.4 Å². The van der Waals surface area contributed by atoms with Gasteiger partial charge in [-0.1, -0.05) is 44.0 Å². The summed E-state index contributed by atoms with van der Waals surface area (Å²) in [5.41, 5.74) is 4.64. The summed E-state index contributed by atoms with van der Waals surface area (Å²) < 4.78 is 1.83. The Kier molecular flexibility index (Phi) is 7.60. The van der Waals surface area contributed by atoms with Gasteiger partial charge >= 0.3 is 0 Å². The minimum Gasteiger partial charge on any atom is -0.352 e. The third-order valence-electron chi connectivity index (χ3n) is 5.10. The van der Waals surface area contributed by atoms with Crippen LogP contribution in [0.1, 0.15) is 50.1 Å². The normalized spacial score (nSPS) is 11.8. The number of hydrogen-bond acceptors (Lipinski definition) is 6. The quantitative estimate of drug-likeness (QED) is 0.330. The molecular formula is C23H27Cl2N7. The minimum absolute atomic E-state index is 0.277. The smallest absolute Gasteiger partial charge is 0.158 e. The van der Waals surface area contributed by atoms with Crippen molar-refractivity contribution in [3.63, 3.8) is 0 Å². The molecule has 0 unspecified atom stereocenters. The number of nitriles is 1. The van der Waals surface area contributed by atoms with Crippen LogP contribution in [0, 0.1) is 18.3 Å². The molecule has 3 aromatic rings. The predicted octanol–water partition coefficient (Wildman–Crippen LogP) is 5.79. The highest BCUT2D eigenvalue weighted by molar-refractivity contribution is 6.32. The molecule has 0 saturated carbocycles. The maximum absolute atomic E-state index is 9.42. The summed E-state index contributed by atoms with van der Waals surface area (Å²) in [4.78, 5) is 11.0. The van der Waals surface area contributed by atoms with Crippen molar-refractivity contribution < 1.29 is 0 Å². The fraction of sp³-hybridized carbons (Fsp3) is 0.391. The molecule has 3 aromatic heterocycles. The first-order chi connectivity index (χ1) is 15.2. The van der Waals surface area contributed by atoms with Crippen LogP contribution >= 0.6 is 23.2 Å². The van der Waals surface area contributed by atoms with Gasteiger partial charge in [0.25, 0.3) is 0 Å². The first kappa shape index (κ1) is 23.8. The Morgan fingerprint density at radius 1 is 1.25 bits per heavy atom. The highest BCUT2D eigenvalue weighted by atomic mass is 35.5. The standard InChI is InChI=1S/C23H27Cl2N7/c1-6-9-32(21(7-8-26)27-16-11-19(24)29-20(25)12-16)13-17-10-18(14(2)3)22-15(4)30-31(5)23(22)28-17/h7,10-12,14H,6,9,13H2,1-5H3,(H,27,29)/b21-7-. The van der Waals surface area contributed by atoms with Crippen molar-refractivity contribution in [1.29, 1.82) is 5.26 Å². The summed E-state index contributed by atoms with van der Waals surface area (Å²) in [6, 6.07) is 7.62. The van der Waals surface area contributed by atoms with Gasteiger partial charge in [-0.25, -0.2) is 9.97 Å². The molecular weight excluding hydrogens is 445 g/mol. The van der Waals surface area contributed by atoms with Crippen LogP contribution in [0.3, 0.4) is 0 Å². The molecule has 168 valence electrons. The van der Waals surface area contributed by atoms with E-state index in [0.717, 1.165) is 35.4 Å². The second-order valence-corrected chi connectivity index (χ2v) is 8.75. The molecule has 0 bridgehead atoms. The van der Waals surface area contributed by atoms with Gasteiger partial charge in [-0.3, -0.25) is 4.68 Å². The lowest BCUT2D eigenvalue weighted by molar-refractivity contribution is 0.337.